The summed E-state index contributed by atoms with van der Waals surface area (Å²) in [4.78, 5) is 8.10. The van der Waals surface area contributed by atoms with Crippen LogP contribution in [-0.4, -0.2) is 25.0 Å². The van der Waals surface area contributed by atoms with Crippen LogP contribution in [0, 0.1) is 0 Å². The maximum atomic E-state index is 4.12. The zero-order valence-electron chi connectivity index (χ0n) is 8.98. The van der Waals surface area contributed by atoms with E-state index in [0.717, 1.165) is 11.0 Å². The minimum atomic E-state index is 0.513. The van der Waals surface area contributed by atoms with E-state index in [1.54, 1.807) is 23.3 Å². The summed E-state index contributed by atoms with van der Waals surface area (Å²) in [5.74, 6) is 0.715. The molecule has 0 spiro atoms. The summed E-state index contributed by atoms with van der Waals surface area (Å²) in [7, 11) is 0. The van der Waals surface area contributed by atoms with Crippen LogP contribution in [0.4, 0.5) is 5.82 Å². The molecule has 0 aliphatic rings. The van der Waals surface area contributed by atoms with Gasteiger partial charge >= 0.3 is 0 Å². The van der Waals surface area contributed by atoms with Crippen LogP contribution in [-0.2, 0) is 6.67 Å². The van der Waals surface area contributed by atoms with Crippen molar-refractivity contribution in [3.05, 3.63) is 42.9 Å². The summed E-state index contributed by atoms with van der Waals surface area (Å²) >= 11 is 0. The van der Waals surface area contributed by atoms with Crippen molar-refractivity contribution in [1.29, 1.82) is 0 Å². The monoisotopic (exact) mass is 226 g/mol. The Hall–Kier alpha value is -2.50. The molecule has 6 heteroatoms. The van der Waals surface area contributed by atoms with E-state index < -0.39 is 0 Å². The SMILES string of the molecule is c1ccc2c(c1)nnn2CNc1cnccn1. The zero-order valence-corrected chi connectivity index (χ0v) is 8.98. The zero-order chi connectivity index (χ0) is 11.5. The molecule has 3 aromatic rings. The summed E-state index contributed by atoms with van der Waals surface area (Å²) < 4.78 is 1.78. The molecule has 0 fully saturated rings. The molecule has 1 aromatic carbocycles. The highest BCUT2D eigenvalue weighted by molar-refractivity contribution is 5.73. The molecule has 3 rings (SSSR count). The van der Waals surface area contributed by atoms with Gasteiger partial charge in [-0.25, -0.2) is 9.67 Å². The first-order valence-electron chi connectivity index (χ1n) is 5.21. The lowest BCUT2D eigenvalue weighted by Crippen LogP contribution is -2.10. The fourth-order valence-electron chi connectivity index (χ4n) is 1.58. The molecule has 6 nitrogen and oxygen atoms in total. The quantitative estimate of drug-likeness (QED) is 0.728. The van der Waals surface area contributed by atoms with E-state index in [1.165, 1.54) is 0 Å². The van der Waals surface area contributed by atoms with Crippen molar-refractivity contribution in [2.75, 3.05) is 5.32 Å². The van der Waals surface area contributed by atoms with Crippen LogP contribution in [0.1, 0.15) is 0 Å². The molecular weight excluding hydrogens is 216 g/mol. The van der Waals surface area contributed by atoms with Gasteiger partial charge in [0, 0.05) is 12.4 Å². The summed E-state index contributed by atoms with van der Waals surface area (Å²) in [6.45, 7) is 0.513. The van der Waals surface area contributed by atoms with E-state index in [-0.39, 0.29) is 0 Å². The molecule has 2 aromatic heterocycles. The number of nitrogens with one attached hydrogen (secondary N) is 1. The predicted molar refractivity (Wildman–Crippen MR) is 63.2 cm³/mol. The first-order valence-corrected chi connectivity index (χ1v) is 5.21. The van der Waals surface area contributed by atoms with Gasteiger partial charge in [0.15, 0.2) is 0 Å². The van der Waals surface area contributed by atoms with Gasteiger partial charge in [0.25, 0.3) is 0 Å². The molecule has 2 heterocycles. The second kappa shape index (κ2) is 4.17. The number of aromatic nitrogens is 5. The molecule has 0 unspecified atom stereocenters. The molecule has 0 bridgehead atoms. The van der Waals surface area contributed by atoms with Crippen molar-refractivity contribution in [1.82, 2.24) is 25.0 Å². The Bertz CT molecular complexity index is 618. The van der Waals surface area contributed by atoms with E-state index in [9.17, 15) is 0 Å². The Morgan fingerprint density at radius 3 is 3.00 bits per heavy atom. The molecule has 0 saturated heterocycles. The molecule has 0 saturated carbocycles. The number of rotatable bonds is 3. The Labute approximate surface area is 97.3 Å². The molecule has 0 amide bonds. The first kappa shape index (κ1) is 9.71. The first-order chi connectivity index (χ1) is 8.43. The van der Waals surface area contributed by atoms with Crippen molar-refractivity contribution in [3.8, 4) is 0 Å². The van der Waals surface area contributed by atoms with Crippen LogP contribution < -0.4 is 5.32 Å². The van der Waals surface area contributed by atoms with Crippen molar-refractivity contribution < 1.29 is 0 Å². The summed E-state index contributed by atoms with van der Waals surface area (Å²) in [5, 5.41) is 11.3. The van der Waals surface area contributed by atoms with E-state index in [1.807, 2.05) is 24.3 Å². The molecule has 17 heavy (non-hydrogen) atoms. The molecule has 0 aliphatic carbocycles. The fraction of sp³-hybridized carbons (Fsp3) is 0.0909. The minimum absolute atomic E-state index is 0.513. The fourth-order valence-corrected chi connectivity index (χ4v) is 1.58. The molecule has 0 atom stereocenters. The van der Waals surface area contributed by atoms with Gasteiger partial charge in [-0.2, -0.15) is 0 Å². The highest BCUT2D eigenvalue weighted by Crippen LogP contribution is 2.09. The standard InChI is InChI=1S/C11H10N6/c1-2-4-10-9(3-1)15-16-17(10)8-14-11-7-12-5-6-13-11/h1-7H,8H2,(H,13,14). The van der Waals surface area contributed by atoms with Crippen molar-refractivity contribution >= 4 is 16.9 Å². The number of para-hydroxylation sites is 1. The third kappa shape index (κ3) is 1.92. The molecular formula is C11H10N6. The van der Waals surface area contributed by atoms with E-state index in [2.05, 4.69) is 25.6 Å². The Balaban J connectivity index is 1.82. The van der Waals surface area contributed by atoms with Gasteiger partial charge in [0.1, 0.15) is 18.0 Å². The van der Waals surface area contributed by atoms with Crippen LogP contribution in [0.25, 0.3) is 11.0 Å². The highest BCUT2D eigenvalue weighted by atomic mass is 15.5. The van der Waals surface area contributed by atoms with Gasteiger partial charge in [-0.1, -0.05) is 17.3 Å². The van der Waals surface area contributed by atoms with Gasteiger partial charge in [0.05, 0.1) is 11.7 Å². The second-order valence-electron chi connectivity index (χ2n) is 3.50. The van der Waals surface area contributed by atoms with Crippen molar-refractivity contribution in [2.24, 2.45) is 0 Å². The molecule has 0 aliphatic heterocycles. The Morgan fingerprint density at radius 2 is 2.12 bits per heavy atom. The normalized spacial score (nSPS) is 10.6. The van der Waals surface area contributed by atoms with Crippen LogP contribution in [0.2, 0.25) is 0 Å². The third-order valence-corrected chi connectivity index (χ3v) is 2.39. The Kier molecular flexibility index (Phi) is 2.38. The maximum absolute atomic E-state index is 4.12. The number of fused-ring (bicyclic) bond motifs is 1. The van der Waals surface area contributed by atoms with Crippen molar-refractivity contribution in [2.45, 2.75) is 6.67 Å². The largest absolute Gasteiger partial charge is 0.350 e. The number of hydrogen-bond acceptors (Lipinski definition) is 5. The molecule has 84 valence electrons. The Morgan fingerprint density at radius 1 is 1.18 bits per heavy atom. The van der Waals surface area contributed by atoms with Crippen molar-refractivity contribution in [3.63, 3.8) is 0 Å². The van der Waals surface area contributed by atoms with Crippen LogP contribution in [0.5, 0.6) is 0 Å². The minimum Gasteiger partial charge on any atom is -0.350 e. The van der Waals surface area contributed by atoms with Gasteiger partial charge in [-0.15, -0.1) is 5.10 Å². The molecule has 1 N–H and O–H groups in total. The summed E-state index contributed by atoms with van der Waals surface area (Å²) in [6.07, 6.45) is 4.94. The van der Waals surface area contributed by atoms with E-state index in [0.29, 0.717) is 12.5 Å². The number of nitrogens with zero attached hydrogens (tertiary/aromatic N) is 5. The van der Waals surface area contributed by atoms with Gasteiger partial charge in [0.2, 0.25) is 0 Å². The van der Waals surface area contributed by atoms with Gasteiger partial charge < -0.3 is 5.32 Å². The lowest BCUT2D eigenvalue weighted by molar-refractivity contribution is 0.653. The molecule has 0 radical (unpaired) electrons. The number of hydrogen-bond donors (Lipinski definition) is 1. The number of anilines is 1. The van der Waals surface area contributed by atoms with Gasteiger partial charge in [-0.05, 0) is 12.1 Å². The van der Waals surface area contributed by atoms with Gasteiger partial charge in [-0.3, -0.25) is 4.98 Å². The van der Waals surface area contributed by atoms with Crippen LogP contribution in [0.3, 0.4) is 0 Å². The predicted octanol–water partition coefficient (Wildman–Crippen LogP) is 1.29. The smallest absolute Gasteiger partial charge is 0.145 e. The van der Waals surface area contributed by atoms with Crippen LogP contribution in [0.15, 0.2) is 42.9 Å². The topological polar surface area (TPSA) is 68.5 Å². The second-order valence-corrected chi connectivity index (χ2v) is 3.50. The lowest BCUT2D eigenvalue weighted by atomic mass is 10.3. The van der Waals surface area contributed by atoms with E-state index >= 15 is 0 Å². The summed E-state index contributed by atoms with van der Waals surface area (Å²) in [5.41, 5.74) is 1.87. The number of benzene rings is 1. The summed E-state index contributed by atoms with van der Waals surface area (Å²) in [6, 6.07) is 7.82. The van der Waals surface area contributed by atoms with E-state index in [4.69, 9.17) is 0 Å². The average Bonchev–Trinajstić information content (AvgIpc) is 2.81. The third-order valence-electron chi connectivity index (χ3n) is 2.39. The van der Waals surface area contributed by atoms with Crippen LogP contribution >= 0.6 is 0 Å². The average molecular weight is 226 g/mol. The lowest BCUT2D eigenvalue weighted by Gasteiger charge is -2.04. The maximum Gasteiger partial charge on any atom is 0.145 e. The highest BCUT2D eigenvalue weighted by Gasteiger charge is 2.02.